The fourth-order valence-electron chi connectivity index (χ4n) is 3.52. The van der Waals surface area contributed by atoms with Crippen molar-refractivity contribution in [2.24, 2.45) is 0 Å². The molecule has 7 nitrogen and oxygen atoms in total. The minimum absolute atomic E-state index is 0.148. The molecule has 2 heterocycles. The standard InChI is InChI=1S/C22H26N4O3S/c1-24(2)14-10-20(17-8-9-17)22-21(27)11-15-26(23-22)18-6-5-7-19(16-18)30(28,29)25-12-3-4-13-25/h5-7,10-11,14-16H,3-4,8-9,12-13H2,1-2H3/b14-10+. The molecule has 158 valence electrons. The number of nitrogens with zero attached hydrogens (tertiary/aromatic N) is 4. The molecule has 1 saturated carbocycles. The smallest absolute Gasteiger partial charge is 0.243 e. The lowest BCUT2D eigenvalue weighted by molar-refractivity contribution is 0.477. The summed E-state index contributed by atoms with van der Waals surface area (Å²) in [5.74, 6) is 0. The van der Waals surface area contributed by atoms with Gasteiger partial charge >= 0.3 is 0 Å². The van der Waals surface area contributed by atoms with Crippen LogP contribution in [0.5, 0.6) is 0 Å². The number of aromatic nitrogens is 2. The number of allylic oxidation sites excluding steroid dienone is 3. The van der Waals surface area contributed by atoms with E-state index in [9.17, 15) is 13.2 Å². The minimum atomic E-state index is -3.52. The first-order chi connectivity index (χ1) is 14.4. The predicted octanol–water partition coefficient (Wildman–Crippen LogP) is 2.64. The summed E-state index contributed by atoms with van der Waals surface area (Å²) in [4.78, 5) is 14.7. The molecule has 1 saturated heterocycles. The number of benzene rings is 1. The van der Waals surface area contributed by atoms with Gasteiger partial charge in [-0.05, 0) is 56.2 Å². The third kappa shape index (κ3) is 4.24. The molecule has 0 unspecified atom stereocenters. The van der Waals surface area contributed by atoms with E-state index < -0.39 is 10.0 Å². The van der Waals surface area contributed by atoms with Crippen LogP contribution in [0.15, 0.2) is 64.1 Å². The topological polar surface area (TPSA) is 75.5 Å². The Morgan fingerprint density at radius 1 is 1.13 bits per heavy atom. The van der Waals surface area contributed by atoms with E-state index in [-0.39, 0.29) is 10.3 Å². The van der Waals surface area contributed by atoms with Gasteiger partial charge < -0.3 is 4.90 Å². The Morgan fingerprint density at radius 3 is 2.53 bits per heavy atom. The third-order valence-electron chi connectivity index (χ3n) is 5.27. The molecule has 0 N–H and O–H groups in total. The number of hydrogen-bond donors (Lipinski definition) is 0. The van der Waals surface area contributed by atoms with Crippen LogP contribution in [0.2, 0.25) is 0 Å². The van der Waals surface area contributed by atoms with E-state index in [1.54, 1.807) is 35.1 Å². The number of hydrogen-bond acceptors (Lipinski definition) is 5. The Hall–Kier alpha value is -2.71. The van der Waals surface area contributed by atoms with E-state index >= 15 is 0 Å². The first-order valence-electron chi connectivity index (χ1n) is 10.1. The molecule has 0 spiro atoms. The van der Waals surface area contributed by atoms with Crippen LogP contribution in [-0.4, -0.2) is 54.6 Å². The second kappa shape index (κ2) is 8.20. The van der Waals surface area contributed by atoms with E-state index in [1.165, 1.54) is 15.9 Å². The summed E-state index contributed by atoms with van der Waals surface area (Å²) in [5.41, 5.74) is 2.90. The maximum atomic E-state index is 12.9. The Balaban J connectivity index is 1.73. The molecular weight excluding hydrogens is 400 g/mol. The average Bonchev–Trinajstić information content (AvgIpc) is 3.40. The lowest BCUT2D eigenvalue weighted by Gasteiger charge is -2.16. The summed E-state index contributed by atoms with van der Waals surface area (Å²) in [6, 6.07) is 8.22. The molecule has 0 radical (unpaired) electrons. The zero-order valence-corrected chi connectivity index (χ0v) is 18.1. The van der Waals surface area contributed by atoms with Gasteiger partial charge in [-0.3, -0.25) is 4.79 Å². The van der Waals surface area contributed by atoms with E-state index in [0.717, 1.165) is 31.3 Å². The second-order valence-electron chi connectivity index (χ2n) is 7.88. The molecule has 0 bridgehead atoms. The molecule has 1 aromatic carbocycles. The zero-order chi connectivity index (χ0) is 21.3. The lowest BCUT2D eigenvalue weighted by atomic mass is 10.1. The molecule has 2 aromatic rings. The lowest BCUT2D eigenvalue weighted by Crippen LogP contribution is -2.28. The fourth-order valence-corrected chi connectivity index (χ4v) is 5.08. The van der Waals surface area contributed by atoms with E-state index in [4.69, 9.17) is 0 Å². The van der Waals surface area contributed by atoms with Crippen molar-refractivity contribution in [3.63, 3.8) is 0 Å². The van der Waals surface area contributed by atoms with Crippen molar-refractivity contribution in [2.75, 3.05) is 27.2 Å². The molecule has 2 fully saturated rings. The van der Waals surface area contributed by atoms with Gasteiger partial charge in [-0.1, -0.05) is 11.6 Å². The highest BCUT2D eigenvalue weighted by Gasteiger charge is 2.27. The van der Waals surface area contributed by atoms with Crippen molar-refractivity contribution in [3.8, 4) is 5.69 Å². The van der Waals surface area contributed by atoms with Crippen LogP contribution in [0.1, 0.15) is 31.4 Å². The average molecular weight is 427 g/mol. The maximum Gasteiger partial charge on any atom is 0.243 e. The molecule has 1 aliphatic heterocycles. The third-order valence-corrected chi connectivity index (χ3v) is 7.16. The summed E-state index contributed by atoms with van der Waals surface area (Å²) < 4.78 is 28.9. The minimum Gasteiger partial charge on any atom is -0.383 e. The fraction of sp³-hybridized carbons (Fsp3) is 0.364. The van der Waals surface area contributed by atoms with Gasteiger partial charge in [0.25, 0.3) is 0 Å². The molecular formula is C22H26N4O3S. The highest BCUT2D eigenvalue weighted by Crippen LogP contribution is 2.35. The van der Waals surface area contributed by atoms with Crippen molar-refractivity contribution in [2.45, 2.75) is 30.6 Å². The van der Waals surface area contributed by atoms with Gasteiger partial charge in [0.2, 0.25) is 15.5 Å². The van der Waals surface area contributed by atoms with Crippen LogP contribution in [0, 0.1) is 0 Å². The summed E-state index contributed by atoms with van der Waals surface area (Å²) >= 11 is 0. The quantitative estimate of drug-likeness (QED) is 0.710. The van der Waals surface area contributed by atoms with Gasteiger partial charge in [-0.25, -0.2) is 13.1 Å². The summed E-state index contributed by atoms with van der Waals surface area (Å²) in [7, 11) is 0.330. The largest absolute Gasteiger partial charge is 0.383 e. The van der Waals surface area contributed by atoms with Crippen molar-refractivity contribution < 1.29 is 8.42 Å². The van der Waals surface area contributed by atoms with Gasteiger partial charge in [0.1, 0.15) is 5.69 Å². The van der Waals surface area contributed by atoms with Crippen LogP contribution >= 0.6 is 0 Å². The van der Waals surface area contributed by atoms with Crippen LogP contribution in [0.3, 0.4) is 0 Å². The molecule has 0 amide bonds. The number of sulfonamides is 1. The van der Waals surface area contributed by atoms with Crippen LogP contribution < -0.4 is 5.43 Å². The highest BCUT2D eigenvalue weighted by atomic mass is 32.2. The summed E-state index contributed by atoms with van der Waals surface area (Å²) in [6.07, 6.45) is 9.12. The van der Waals surface area contributed by atoms with Gasteiger partial charge in [-0.2, -0.15) is 9.40 Å². The predicted molar refractivity (Wildman–Crippen MR) is 117 cm³/mol. The van der Waals surface area contributed by atoms with Crippen LogP contribution in [0.4, 0.5) is 0 Å². The van der Waals surface area contributed by atoms with Crippen molar-refractivity contribution in [1.29, 1.82) is 0 Å². The van der Waals surface area contributed by atoms with Gasteiger partial charge in [0, 0.05) is 45.0 Å². The normalized spacial score (nSPS) is 16.9. The molecule has 4 rings (SSSR count). The SMILES string of the molecule is CN(C)/C=C/C(=C1CC1)c1nn(-c2cccc(S(=O)(=O)N3CCCC3)c2)ccc1=O. The van der Waals surface area contributed by atoms with Crippen molar-refractivity contribution in [1.82, 2.24) is 19.0 Å². The van der Waals surface area contributed by atoms with Gasteiger partial charge in [0.05, 0.1) is 10.6 Å². The molecule has 1 aromatic heterocycles. The second-order valence-corrected chi connectivity index (χ2v) is 9.82. The van der Waals surface area contributed by atoms with Crippen LogP contribution in [0.25, 0.3) is 11.3 Å². The van der Waals surface area contributed by atoms with E-state index in [0.29, 0.717) is 24.5 Å². The van der Waals surface area contributed by atoms with Gasteiger partial charge in [0.15, 0.2) is 0 Å². The molecule has 2 aliphatic rings. The van der Waals surface area contributed by atoms with E-state index in [2.05, 4.69) is 5.10 Å². The molecule has 1 aliphatic carbocycles. The van der Waals surface area contributed by atoms with Gasteiger partial charge in [-0.15, -0.1) is 0 Å². The Morgan fingerprint density at radius 2 is 1.87 bits per heavy atom. The molecule has 8 heteroatoms. The summed E-state index contributed by atoms with van der Waals surface area (Å²) in [5, 5.41) is 4.57. The number of rotatable bonds is 6. The Bertz CT molecular complexity index is 1170. The van der Waals surface area contributed by atoms with Crippen molar-refractivity contribution >= 4 is 15.6 Å². The zero-order valence-electron chi connectivity index (χ0n) is 17.3. The Kier molecular flexibility index (Phi) is 5.62. The molecule has 0 atom stereocenters. The van der Waals surface area contributed by atoms with E-state index in [1.807, 2.05) is 31.3 Å². The summed E-state index contributed by atoms with van der Waals surface area (Å²) in [6.45, 7) is 1.12. The first-order valence-corrected chi connectivity index (χ1v) is 11.6. The monoisotopic (exact) mass is 426 g/mol. The first kappa shape index (κ1) is 20.6. The van der Waals surface area contributed by atoms with Crippen molar-refractivity contribution in [3.05, 3.63) is 70.3 Å². The maximum absolute atomic E-state index is 12.9. The Labute approximate surface area is 177 Å². The van der Waals surface area contributed by atoms with Crippen LogP contribution in [-0.2, 0) is 10.0 Å². The highest BCUT2D eigenvalue weighted by molar-refractivity contribution is 7.89. The molecule has 30 heavy (non-hydrogen) atoms.